The average molecular weight is 295 g/mol. The molecule has 0 saturated heterocycles. The van der Waals surface area contributed by atoms with Gasteiger partial charge in [0.15, 0.2) is 0 Å². The van der Waals surface area contributed by atoms with Crippen molar-refractivity contribution >= 4 is 17.9 Å². The summed E-state index contributed by atoms with van der Waals surface area (Å²) in [6.45, 7) is 0.411. The van der Waals surface area contributed by atoms with Crippen LogP contribution < -0.4 is 21.1 Å². The van der Waals surface area contributed by atoms with Crippen LogP contribution in [0.2, 0.25) is 0 Å². The molecule has 114 valence electrons. The Balaban J connectivity index is 2.26. The van der Waals surface area contributed by atoms with Crippen LogP contribution in [0.4, 0.5) is 4.79 Å². The third kappa shape index (κ3) is 6.81. The minimum absolute atomic E-state index is 0.184. The van der Waals surface area contributed by atoms with Gasteiger partial charge in [0.25, 0.3) is 0 Å². The Bertz CT molecular complexity index is 492. The molecule has 0 aliphatic carbocycles. The Kier molecular flexibility index (Phi) is 6.52. The van der Waals surface area contributed by atoms with Gasteiger partial charge in [-0.1, -0.05) is 18.2 Å². The molecule has 0 unspecified atom stereocenters. The third-order valence-corrected chi connectivity index (χ3v) is 2.41. The summed E-state index contributed by atoms with van der Waals surface area (Å²) in [7, 11) is 0. The number of hydrogen-bond acceptors (Lipinski definition) is 4. The topological polar surface area (TPSA) is 131 Å². The summed E-state index contributed by atoms with van der Waals surface area (Å²) in [5, 5.41) is 13.4. The van der Waals surface area contributed by atoms with Crippen LogP contribution in [0.25, 0.3) is 0 Å². The van der Waals surface area contributed by atoms with Crippen LogP contribution in [0.3, 0.4) is 0 Å². The van der Waals surface area contributed by atoms with E-state index in [0.717, 1.165) is 0 Å². The molecule has 21 heavy (non-hydrogen) atoms. The van der Waals surface area contributed by atoms with Gasteiger partial charge >= 0.3 is 12.0 Å². The van der Waals surface area contributed by atoms with Gasteiger partial charge in [-0.25, -0.2) is 9.59 Å². The number of nitrogens with two attached hydrogens (primary N) is 1. The molecule has 0 aromatic heterocycles. The fourth-order valence-electron chi connectivity index (χ4n) is 1.46. The Labute approximate surface area is 121 Å². The maximum atomic E-state index is 11.5. The molecule has 1 aromatic carbocycles. The summed E-state index contributed by atoms with van der Waals surface area (Å²) in [5.41, 5.74) is 4.90. The van der Waals surface area contributed by atoms with E-state index in [-0.39, 0.29) is 13.2 Å². The zero-order chi connectivity index (χ0) is 15.7. The lowest BCUT2D eigenvalue weighted by molar-refractivity contribution is -0.140. The zero-order valence-electron chi connectivity index (χ0n) is 11.2. The van der Waals surface area contributed by atoms with Crippen molar-refractivity contribution in [2.75, 3.05) is 13.2 Å². The summed E-state index contributed by atoms with van der Waals surface area (Å²) in [5.74, 6) is -1.48. The highest BCUT2D eigenvalue weighted by atomic mass is 16.5. The van der Waals surface area contributed by atoms with E-state index in [1.165, 1.54) is 0 Å². The first-order chi connectivity index (χ1) is 9.99. The summed E-state index contributed by atoms with van der Waals surface area (Å²) < 4.78 is 5.34. The highest BCUT2D eigenvalue weighted by Crippen LogP contribution is 2.07. The number of benzene rings is 1. The van der Waals surface area contributed by atoms with E-state index in [1.807, 2.05) is 18.2 Å². The van der Waals surface area contributed by atoms with Gasteiger partial charge in [-0.15, -0.1) is 0 Å². The lowest BCUT2D eigenvalue weighted by Gasteiger charge is -2.13. The van der Waals surface area contributed by atoms with E-state index < -0.39 is 30.4 Å². The molecule has 3 amide bonds. The SMILES string of the molecule is NC(=O)C[C@@H](NC(=O)NCCOc1ccccc1)C(=O)O. The molecule has 0 radical (unpaired) electrons. The number of nitrogens with one attached hydrogen (secondary N) is 2. The Morgan fingerprint density at radius 1 is 1.24 bits per heavy atom. The van der Waals surface area contributed by atoms with Crippen LogP contribution >= 0.6 is 0 Å². The van der Waals surface area contributed by atoms with Gasteiger partial charge in [0.2, 0.25) is 5.91 Å². The molecule has 0 heterocycles. The molecule has 8 nitrogen and oxygen atoms in total. The second kappa shape index (κ2) is 8.41. The van der Waals surface area contributed by atoms with Crippen molar-refractivity contribution in [3.05, 3.63) is 30.3 Å². The van der Waals surface area contributed by atoms with E-state index >= 15 is 0 Å². The van der Waals surface area contributed by atoms with Crippen molar-refractivity contribution in [2.24, 2.45) is 5.73 Å². The van der Waals surface area contributed by atoms with Crippen LogP contribution in [0, 0.1) is 0 Å². The minimum Gasteiger partial charge on any atom is -0.492 e. The standard InChI is InChI=1S/C13H17N3O5/c14-11(17)8-10(12(18)19)16-13(20)15-6-7-21-9-4-2-1-3-5-9/h1-5,10H,6-8H2,(H2,14,17)(H,18,19)(H2,15,16,20)/t10-/m1/s1. The third-order valence-electron chi connectivity index (χ3n) is 2.41. The van der Waals surface area contributed by atoms with Crippen molar-refractivity contribution in [1.29, 1.82) is 0 Å². The van der Waals surface area contributed by atoms with Crippen molar-refractivity contribution in [2.45, 2.75) is 12.5 Å². The number of hydrogen-bond donors (Lipinski definition) is 4. The van der Waals surface area contributed by atoms with Gasteiger partial charge < -0.3 is 26.2 Å². The van der Waals surface area contributed by atoms with E-state index in [0.29, 0.717) is 5.75 Å². The monoisotopic (exact) mass is 295 g/mol. The van der Waals surface area contributed by atoms with Crippen LogP contribution in [0.5, 0.6) is 5.75 Å². The normalized spacial score (nSPS) is 11.2. The fourth-order valence-corrected chi connectivity index (χ4v) is 1.46. The molecular formula is C13H17N3O5. The average Bonchev–Trinajstić information content (AvgIpc) is 2.43. The van der Waals surface area contributed by atoms with Gasteiger partial charge in [-0.3, -0.25) is 4.79 Å². The molecule has 0 fully saturated rings. The summed E-state index contributed by atoms with van der Waals surface area (Å²) in [4.78, 5) is 32.9. The number of rotatable bonds is 8. The number of amides is 3. The van der Waals surface area contributed by atoms with E-state index in [9.17, 15) is 14.4 Å². The van der Waals surface area contributed by atoms with Crippen molar-refractivity contribution < 1.29 is 24.2 Å². The largest absolute Gasteiger partial charge is 0.492 e. The second-order valence-electron chi connectivity index (χ2n) is 4.12. The molecule has 0 spiro atoms. The molecule has 5 N–H and O–H groups in total. The molecule has 1 aromatic rings. The number of carbonyl (C=O) groups excluding carboxylic acids is 2. The first kappa shape index (κ1) is 16.3. The van der Waals surface area contributed by atoms with Crippen LogP contribution in [-0.4, -0.2) is 42.2 Å². The Morgan fingerprint density at radius 3 is 2.48 bits per heavy atom. The van der Waals surface area contributed by atoms with Crippen molar-refractivity contribution in [3.63, 3.8) is 0 Å². The van der Waals surface area contributed by atoms with Gasteiger partial charge in [0.05, 0.1) is 13.0 Å². The first-order valence-corrected chi connectivity index (χ1v) is 6.22. The van der Waals surface area contributed by atoms with E-state index in [4.69, 9.17) is 15.6 Å². The Morgan fingerprint density at radius 2 is 1.90 bits per heavy atom. The van der Waals surface area contributed by atoms with Crippen molar-refractivity contribution in [1.82, 2.24) is 10.6 Å². The van der Waals surface area contributed by atoms with Crippen LogP contribution in [0.15, 0.2) is 30.3 Å². The molecule has 0 aliphatic heterocycles. The number of para-hydroxylation sites is 1. The van der Waals surface area contributed by atoms with Gasteiger partial charge in [0.1, 0.15) is 18.4 Å². The number of carboxylic acid groups (broad SMARTS) is 1. The first-order valence-electron chi connectivity index (χ1n) is 6.22. The molecule has 8 heteroatoms. The number of urea groups is 1. The van der Waals surface area contributed by atoms with Crippen LogP contribution in [-0.2, 0) is 9.59 Å². The maximum absolute atomic E-state index is 11.5. The molecule has 1 rings (SSSR count). The lowest BCUT2D eigenvalue weighted by atomic mass is 10.2. The minimum atomic E-state index is -1.35. The second-order valence-corrected chi connectivity index (χ2v) is 4.12. The molecule has 0 saturated carbocycles. The van der Waals surface area contributed by atoms with Crippen LogP contribution in [0.1, 0.15) is 6.42 Å². The summed E-state index contributed by atoms with van der Waals surface area (Å²) >= 11 is 0. The Hall–Kier alpha value is -2.77. The highest BCUT2D eigenvalue weighted by molar-refractivity contribution is 5.87. The molecule has 0 bridgehead atoms. The predicted molar refractivity (Wildman–Crippen MR) is 73.7 cm³/mol. The van der Waals surface area contributed by atoms with Gasteiger partial charge in [-0.05, 0) is 12.1 Å². The number of ether oxygens (including phenoxy) is 1. The summed E-state index contributed by atoms with van der Waals surface area (Å²) in [6.07, 6.45) is -0.469. The molecule has 0 aliphatic rings. The van der Waals surface area contributed by atoms with E-state index in [2.05, 4.69) is 10.6 Å². The van der Waals surface area contributed by atoms with Gasteiger partial charge in [-0.2, -0.15) is 0 Å². The highest BCUT2D eigenvalue weighted by Gasteiger charge is 2.21. The molecular weight excluding hydrogens is 278 g/mol. The molecule has 1 atom stereocenters. The van der Waals surface area contributed by atoms with E-state index in [1.54, 1.807) is 12.1 Å². The number of carbonyl (C=O) groups is 3. The quantitative estimate of drug-likeness (QED) is 0.489. The lowest BCUT2D eigenvalue weighted by Crippen LogP contribution is -2.48. The number of aliphatic carboxylic acids is 1. The number of carboxylic acids is 1. The smallest absolute Gasteiger partial charge is 0.326 e. The zero-order valence-corrected chi connectivity index (χ0v) is 11.2. The van der Waals surface area contributed by atoms with Gasteiger partial charge in [0, 0.05) is 0 Å². The maximum Gasteiger partial charge on any atom is 0.326 e. The summed E-state index contributed by atoms with van der Waals surface area (Å²) in [6, 6.07) is 6.97. The fraction of sp³-hybridized carbons (Fsp3) is 0.308. The van der Waals surface area contributed by atoms with Crippen molar-refractivity contribution in [3.8, 4) is 5.75 Å². The predicted octanol–water partition coefficient (Wildman–Crippen LogP) is -0.307. The number of primary amides is 1.